The first kappa shape index (κ1) is 31.7. The summed E-state index contributed by atoms with van der Waals surface area (Å²) in [6, 6.07) is 0. The molecule has 4 N–H and O–H groups in total. The largest absolute Gasteiger partial charge is 0.394 e. The van der Waals surface area contributed by atoms with E-state index in [1.54, 1.807) is 0 Å². The highest BCUT2D eigenvalue weighted by molar-refractivity contribution is 5.25. The van der Waals surface area contributed by atoms with Gasteiger partial charge in [0, 0.05) is 0 Å². The average molecular weight is 575 g/mol. The molecule has 0 aromatic rings. The zero-order chi connectivity index (χ0) is 29.7. The molecule has 0 spiro atoms. The van der Waals surface area contributed by atoms with Gasteiger partial charge in [-0.15, -0.1) is 0 Å². The van der Waals surface area contributed by atoms with E-state index in [1.807, 2.05) is 0 Å². The lowest BCUT2D eigenvalue weighted by molar-refractivity contribution is -0.313. The molecular weight excluding hydrogens is 516 g/mol. The summed E-state index contributed by atoms with van der Waals surface area (Å²) < 4.78 is 11.9. The van der Waals surface area contributed by atoms with E-state index in [2.05, 4.69) is 47.3 Å². The Labute approximate surface area is 248 Å². The molecule has 0 aromatic carbocycles. The van der Waals surface area contributed by atoms with E-state index in [4.69, 9.17) is 9.47 Å². The van der Waals surface area contributed by atoms with Crippen molar-refractivity contribution in [1.82, 2.24) is 0 Å². The van der Waals surface area contributed by atoms with Gasteiger partial charge in [-0.1, -0.05) is 51.5 Å². The van der Waals surface area contributed by atoms with Gasteiger partial charge in [-0.25, -0.2) is 0 Å². The third-order valence-corrected chi connectivity index (χ3v) is 13.2. The highest BCUT2D eigenvalue weighted by Gasteiger charge is 2.59. The molecule has 14 atom stereocenters. The molecule has 6 nitrogen and oxygen atoms in total. The van der Waals surface area contributed by atoms with Crippen LogP contribution < -0.4 is 0 Å². The molecule has 234 valence electrons. The van der Waals surface area contributed by atoms with E-state index in [0.717, 1.165) is 55.3 Å². The maximum atomic E-state index is 10.5. The quantitative estimate of drug-likeness (QED) is 0.261. The first-order valence-corrected chi connectivity index (χ1v) is 16.7. The summed E-state index contributed by atoms with van der Waals surface area (Å²) in [5, 5.41) is 40.4. The third-order valence-electron chi connectivity index (χ3n) is 13.2. The smallest absolute Gasteiger partial charge is 0.186 e. The van der Waals surface area contributed by atoms with E-state index in [9.17, 15) is 20.4 Å². The van der Waals surface area contributed by atoms with Gasteiger partial charge in [-0.3, -0.25) is 0 Å². The maximum Gasteiger partial charge on any atom is 0.186 e. The molecule has 5 aliphatic rings. The monoisotopic (exact) mass is 574 g/mol. The van der Waals surface area contributed by atoms with Gasteiger partial charge in [0.15, 0.2) is 6.29 Å². The predicted octanol–water partition coefficient (Wildman–Crippen LogP) is 5.77. The van der Waals surface area contributed by atoms with Crippen molar-refractivity contribution < 1.29 is 29.9 Å². The van der Waals surface area contributed by atoms with Gasteiger partial charge in [-0.2, -0.15) is 0 Å². The molecule has 5 rings (SSSR count). The van der Waals surface area contributed by atoms with Gasteiger partial charge in [0.05, 0.1) is 12.7 Å². The first-order valence-electron chi connectivity index (χ1n) is 16.7. The van der Waals surface area contributed by atoms with Gasteiger partial charge in [0.2, 0.25) is 0 Å². The minimum atomic E-state index is -1.40. The summed E-state index contributed by atoms with van der Waals surface area (Å²) in [5.41, 5.74) is 3.49. The second kappa shape index (κ2) is 12.3. The molecule has 0 amide bonds. The summed E-state index contributed by atoms with van der Waals surface area (Å²) >= 11 is 0. The molecule has 4 aliphatic carbocycles. The van der Waals surface area contributed by atoms with Crippen LogP contribution in [0.3, 0.4) is 0 Å². The summed E-state index contributed by atoms with van der Waals surface area (Å²) in [5.74, 6) is 4.57. The Morgan fingerprint density at radius 1 is 1.05 bits per heavy atom. The molecule has 4 fully saturated rings. The SMILES string of the molecule is C=C(C)[C@@H](CC)CC[C@@H](C)[C@H]1CC[C@@H]2[C@@H]3CC=C4C[C@@H](O[C@@H]5O[C@H](CO)[C@@H](O)[C@H](O)[C@H]5O)CC[C@]4(C)[C@H]3CC[C@@]21C. The average Bonchev–Trinajstić information content (AvgIpc) is 3.30. The molecule has 41 heavy (non-hydrogen) atoms. The summed E-state index contributed by atoms with van der Waals surface area (Å²) in [7, 11) is 0. The fraction of sp³-hybridized carbons (Fsp3) is 0.886. The second-order valence-corrected chi connectivity index (χ2v) is 15.2. The third kappa shape index (κ3) is 5.64. The zero-order valence-corrected chi connectivity index (χ0v) is 26.3. The van der Waals surface area contributed by atoms with Crippen molar-refractivity contribution in [2.75, 3.05) is 6.61 Å². The van der Waals surface area contributed by atoms with Crippen molar-refractivity contribution in [3.05, 3.63) is 23.8 Å². The van der Waals surface area contributed by atoms with Crippen LogP contribution in [-0.2, 0) is 9.47 Å². The van der Waals surface area contributed by atoms with Crippen molar-refractivity contribution in [1.29, 1.82) is 0 Å². The fourth-order valence-corrected chi connectivity index (χ4v) is 10.6. The van der Waals surface area contributed by atoms with Crippen LogP contribution >= 0.6 is 0 Å². The summed E-state index contributed by atoms with van der Waals surface area (Å²) in [6.07, 6.45) is 9.51. The number of ether oxygens (including phenoxy) is 2. The number of aliphatic hydroxyl groups is 4. The van der Waals surface area contributed by atoms with Gasteiger partial charge < -0.3 is 29.9 Å². The van der Waals surface area contributed by atoms with E-state index < -0.39 is 37.3 Å². The van der Waals surface area contributed by atoms with Crippen molar-refractivity contribution in [2.45, 2.75) is 142 Å². The minimum Gasteiger partial charge on any atom is -0.394 e. The molecule has 0 radical (unpaired) electrons. The van der Waals surface area contributed by atoms with Gasteiger partial charge in [0.1, 0.15) is 24.4 Å². The Bertz CT molecular complexity index is 962. The maximum absolute atomic E-state index is 10.5. The van der Waals surface area contributed by atoms with E-state index in [0.29, 0.717) is 11.3 Å². The zero-order valence-electron chi connectivity index (χ0n) is 26.3. The molecule has 3 saturated carbocycles. The fourth-order valence-electron chi connectivity index (χ4n) is 10.6. The highest BCUT2D eigenvalue weighted by atomic mass is 16.7. The molecule has 0 unspecified atom stereocenters. The van der Waals surface area contributed by atoms with Crippen molar-refractivity contribution in [3.8, 4) is 0 Å². The van der Waals surface area contributed by atoms with Crippen LogP contribution in [0.5, 0.6) is 0 Å². The molecule has 1 aliphatic heterocycles. The first-order chi connectivity index (χ1) is 19.4. The predicted molar refractivity (Wildman–Crippen MR) is 161 cm³/mol. The van der Waals surface area contributed by atoms with Gasteiger partial charge in [0.25, 0.3) is 0 Å². The lowest BCUT2D eigenvalue weighted by Crippen LogP contribution is -2.60. The van der Waals surface area contributed by atoms with Crippen LogP contribution in [-0.4, -0.2) is 63.8 Å². The number of allylic oxidation sites excluding steroid dienone is 2. The number of aliphatic hydroxyl groups excluding tert-OH is 4. The summed E-state index contributed by atoms with van der Waals surface area (Å²) in [6.45, 7) is 16.0. The van der Waals surface area contributed by atoms with Crippen LogP contribution in [0, 0.1) is 46.3 Å². The lowest BCUT2D eigenvalue weighted by Gasteiger charge is -2.58. The number of hydrogen-bond acceptors (Lipinski definition) is 6. The topological polar surface area (TPSA) is 99.4 Å². The van der Waals surface area contributed by atoms with E-state index >= 15 is 0 Å². The Kier molecular flexibility index (Phi) is 9.51. The van der Waals surface area contributed by atoms with Gasteiger partial charge in [-0.05, 0) is 124 Å². The molecule has 0 bridgehead atoms. The van der Waals surface area contributed by atoms with E-state index in [-0.39, 0.29) is 11.5 Å². The van der Waals surface area contributed by atoms with Crippen LogP contribution in [0.15, 0.2) is 23.8 Å². The number of rotatable bonds is 9. The molecular formula is C35H58O6. The van der Waals surface area contributed by atoms with Crippen molar-refractivity contribution in [2.24, 2.45) is 46.3 Å². The molecule has 1 heterocycles. The lowest BCUT2D eigenvalue weighted by atomic mass is 9.47. The van der Waals surface area contributed by atoms with Crippen LogP contribution in [0.25, 0.3) is 0 Å². The normalized spacial score (nSPS) is 47.5. The minimum absolute atomic E-state index is 0.107. The Balaban J connectivity index is 1.24. The molecule has 6 heteroatoms. The highest BCUT2D eigenvalue weighted by Crippen LogP contribution is 2.67. The molecule has 1 saturated heterocycles. The van der Waals surface area contributed by atoms with Crippen LogP contribution in [0.1, 0.15) is 105 Å². The number of hydrogen-bond donors (Lipinski definition) is 4. The standard InChI is InChI=1S/C35H58O6/c1-7-22(20(2)3)9-8-21(4)26-12-13-27-25-11-10-23-18-24(14-16-34(23,5)28(25)15-17-35(26,27)6)40-33-32(39)31(38)30(37)29(19-36)41-33/h10,21-22,24-33,36-39H,2,7-9,11-19H2,1,3-6H3/t21-,22+,24+,25+,26-,27-,28+,29-,30-,31+,32-,33-,34+,35-/m1/s1. The molecule has 0 aromatic heterocycles. The van der Waals surface area contributed by atoms with Crippen molar-refractivity contribution >= 4 is 0 Å². The summed E-state index contributed by atoms with van der Waals surface area (Å²) in [4.78, 5) is 0. The Morgan fingerprint density at radius 2 is 1.80 bits per heavy atom. The van der Waals surface area contributed by atoms with Crippen LogP contribution in [0.2, 0.25) is 0 Å². The Hall–Kier alpha value is -0.760. The van der Waals surface area contributed by atoms with Crippen molar-refractivity contribution in [3.63, 3.8) is 0 Å². The van der Waals surface area contributed by atoms with Crippen LogP contribution in [0.4, 0.5) is 0 Å². The number of fused-ring (bicyclic) bond motifs is 5. The van der Waals surface area contributed by atoms with E-state index in [1.165, 1.54) is 56.1 Å². The van der Waals surface area contributed by atoms with Gasteiger partial charge >= 0.3 is 0 Å². The second-order valence-electron chi connectivity index (χ2n) is 15.2. The Morgan fingerprint density at radius 3 is 2.49 bits per heavy atom.